The molecular weight excluding hydrogens is 515 g/mol. The molecule has 39 heavy (non-hydrogen) atoms. The molecule has 3 amide bonds. The fourth-order valence-electron chi connectivity index (χ4n) is 3.54. The van der Waals surface area contributed by atoms with E-state index in [2.05, 4.69) is 10.2 Å². The number of para-hydroxylation sites is 1. The van der Waals surface area contributed by atoms with Crippen molar-refractivity contribution in [1.29, 1.82) is 0 Å². The van der Waals surface area contributed by atoms with E-state index in [0.29, 0.717) is 17.8 Å². The molecule has 0 unspecified atom stereocenters. The van der Waals surface area contributed by atoms with Crippen LogP contribution in [0.3, 0.4) is 0 Å². The van der Waals surface area contributed by atoms with Gasteiger partial charge >= 0.3 is 24.2 Å². The Bertz CT molecular complexity index is 1240. The van der Waals surface area contributed by atoms with Gasteiger partial charge in [0.2, 0.25) is 5.89 Å². The number of rotatable bonds is 8. The lowest BCUT2D eigenvalue weighted by atomic mass is 10.1. The molecule has 9 nitrogen and oxygen atoms in total. The first-order valence-electron chi connectivity index (χ1n) is 12.3. The second kappa shape index (κ2) is 12.2. The number of nitrogens with zero attached hydrogens (tertiary/aromatic N) is 5. The molecule has 0 aliphatic carbocycles. The van der Waals surface area contributed by atoms with Gasteiger partial charge in [0, 0.05) is 37.9 Å². The molecule has 0 bridgehead atoms. The summed E-state index contributed by atoms with van der Waals surface area (Å²) in [4.78, 5) is 30.6. The SMILES string of the molecule is CCN(CCN(C)C(=O)N(Cc1ccc(-c2nnc(C(F)(F)F)o2)cc1)c1ccccc1)C(=O)OC(C)(C)C. The fourth-order valence-corrected chi connectivity index (χ4v) is 3.54. The van der Waals surface area contributed by atoms with Crippen molar-refractivity contribution in [2.45, 2.75) is 46.0 Å². The van der Waals surface area contributed by atoms with Crippen molar-refractivity contribution < 1.29 is 31.9 Å². The third-order valence-corrected chi connectivity index (χ3v) is 5.57. The molecule has 0 N–H and O–H groups in total. The van der Waals surface area contributed by atoms with Gasteiger partial charge < -0.3 is 19.0 Å². The summed E-state index contributed by atoms with van der Waals surface area (Å²) in [6.45, 7) is 8.39. The highest BCUT2D eigenvalue weighted by molar-refractivity contribution is 5.91. The molecule has 3 aromatic rings. The maximum atomic E-state index is 13.5. The first-order chi connectivity index (χ1) is 18.3. The lowest BCUT2D eigenvalue weighted by Gasteiger charge is -2.31. The second-order valence-corrected chi connectivity index (χ2v) is 9.79. The quantitative estimate of drug-likeness (QED) is 0.340. The number of carbonyl (C=O) groups is 2. The third-order valence-electron chi connectivity index (χ3n) is 5.57. The van der Waals surface area contributed by atoms with E-state index in [1.165, 1.54) is 9.80 Å². The predicted octanol–water partition coefficient (Wildman–Crippen LogP) is 6.07. The zero-order valence-electron chi connectivity index (χ0n) is 22.5. The van der Waals surface area contributed by atoms with Gasteiger partial charge in [-0.3, -0.25) is 4.90 Å². The number of aromatic nitrogens is 2. The van der Waals surface area contributed by atoms with Crippen molar-refractivity contribution in [2.24, 2.45) is 0 Å². The van der Waals surface area contributed by atoms with Crippen molar-refractivity contribution in [3.05, 3.63) is 66.1 Å². The molecule has 3 rings (SSSR count). The zero-order valence-corrected chi connectivity index (χ0v) is 22.5. The maximum Gasteiger partial charge on any atom is 0.470 e. The van der Waals surface area contributed by atoms with E-state index in [0.717, 1.165) is 5.56 Å². The molecule has 0 fully saturated rings. The Morgan fingerprint density at radius 1 is 0.949 bits per heavy atom. The Kier molecular flexibility index (Phi) is 9.20. The Morgan fingerprint density at radius 3 is 2.13 bits per heavy atom. The number of urea groups is 1. The summed E-state index contributed by atoms with van der Waals surface area (Å²) in [7, 11) is 1.65. The van der Waals surface area contributed by atoms with E-state index in [1.54, 1.807) is 69.1 Å². The summed E-state index contributed by atoms with van der Waals surface area (Å²) in [5, 5.41) is 6.52. The molecule has 0 spiro atoms. The maximum absolute atomic E-state index is 13.5. The predicted molar refractivity (Wildman–Crippen MR) is 139 cm³/mol. The normalized spacial score (nSPS) is 11.7. The van der Waals surface area contributed by atoms with Gasteiger partial charge in [0.25, 0.3) is 0 Å². The minimum Gasteiger partial charge on any atom is -0.444 e. The minimum atomic E-state index is -4.73. The van der Waals surface area contributed by atoms with Crippen LogP contribution in [0.5, 0.6) is 0 Å². The average Bonchev–Trinajstić information content (AvgIpc) is 3.38. The van der Waals surface area contributed by atoms with Gasteiger partial charge in [-0.2, -0.15) is 13.2 Å². The highest BCUT2D eigenvalue weighted by Crippen LogP contribution is 2.30. The fraction of sp³-hybridized carbons (Fsp3) is 0.407. The number of hydrogen-bond acceptors (Lipinski definition) is 6. The van der Waals surface area contributed by atoms with Gasteiger partial charge in [-0.25, -0.2) is 9.59 Å². The molecule has 2 aromatic carbocycles. The van der Waals surface area contributed by atoms with Gasteiger partial charge in [-0.05, 0) is 57.5 Å². The van der Waals surface area contributed by atoms with Crippen LogP contribution in [0.4, 0.5) is 28.4 Å². The summed E-state index contributed by atoms with van der Waals surface area (Å²) in [5.74, 6) is -1.67. The Labute approximate surface area is 225 Å². The Morgan fingerprint density at radius 2 is 1.59 bits per heavy atom. The van der Waals surface area contributed by atoms with Gasteiger partial charge in [-0.15, -0.1) is 10.2 Å². The number of hydrogen-bond donors (Lipinski definition) is 0. The molecule has 1 heterocycles. The van der Waals surface area contributed by atoms with Crippen LogP contribution in [-0.2, 0) is 17.5 Å². The van der Waals surface area contributed by atoms with Crippen LogP contribution in [0.15, 0.2) is 59.0 Å². The van der Waals surface area contributed by atoms with Crippen LogP contribution in [0, 0.1) is 0 Å². The molecule has 12 heteroatoms. The van der Waals surface area contributed by atoms with Crippen LogP contribution in [-0.4, -0.2) is 64.4 Å². The van der Waals surface area contributed by atoms with Gasteiger partial charge in [0.15, 0.2) is 0 Å². The third kappa shape index (κ3) is 8.20. The molecule has 0 aliphatic heterocycles. The molecule has 0 saturated carbocycles. The molecular formula is C27H32F3N5O4. The number of ether oxygens (including phenoxy) is 1. The highest BCUT2D eigenvalue weighted by Gasteiger charge is 2.38. The minimum absolute atomic E-state index is 0.189. The first kappa shape index (κ1) is 29.5. The van der Waals surface area contributed by atoms with Crippen LogP contribution in [0.25, 0.3) is 11.5 Å². The number of alkyl halides is 3. The number of halogens is 3. The number of anilines is 1. The lowest BCUT2D eigenvalue weighted by molar-refractivity contribution is -0.156. The van der Waals surface area contributed by atoms with Gasteiger partial charge in [-0.1, -0.05) is 30.3 Å². The van der Waals surface area contributed by atoms with Crippen LogP contribution >= 0.6 is 0 Å². The Balaban J connectivity index is 1.73. The standard InChI is InChI=1S/C27H32F3N5O4/c1-6-34(25(37)39-26(2,3)4)17-16-33(5)24(36)35(21-10-8-7-9-11-21)18-19-12-14-20(15-13-19)22-31-32-23(38-22)27(28,29)30/h7-15H,6,16-18H2,1-5H3. The van der Waals surface area contributed by atoms with Gasteiger partial charge in [0.1, 0.15) is 5.60 Å². The van der Waals surface area contributed by atoms with Crippen molar-refractivity contribution >= 4 is 17.8 Å². The molecule has 210 valence electrons. The van der Waals surface area contributed by atoms with E-state index in [9.17, 15) is 22.8 Å². The van der Waals surface area contributed by atoms with E-state index in [-0.39, 0.29) is 31.6 Å². The largest absolute Gasteiger partial charge is 0.470 e. The van der Waals surface area contributed by atoms with Crippen molar-refractivity contribution in [3.63, 3.8) is 0 Å². The number of amides is 3. The zero-order chi connectivity index (χ0) is 28.8. The molecule has 0 radical (unpaired) electrons. The van der Waals surface area contributed by atoms with E-state index >= 15 is 0 Å². The van der Waals surface area contributed by atoms with Crippen LogP contribution in [0.1, 0.15) is 39.1 Å². The average molecular weight is 548 g/mol. The van der Waals surface area contributed by atoms with E-state index in [4.69, 9.17) is 9.15 Å². The first-order valence-corrected chi connectivity index (χ1v) is 12.3. The lowest BCUT2D eigenvalue weighted by Crippen LogP contribution is -2.46. The second-order valence-electron chi connectivity index (χ2n) is 9.79. The number of benzene rings is 2. The number of carbonyl (C=O) groups excluding carboxylic acids is 2. The van der Waals surface area contributed by atoms with Crippen molar-refractivity contribution in [2.75, 3.05) is 31.6 Å². The van der Waals surface area contributed by atoms with Crippen LogP contribution in [0.2, 0.25) is 0 Å². The van der Waals surface area contributed by atoms with Crippen molar-refractivity contribution in [1.82, 2.24) is 20.0 Å². The topological polar surface area (TPSA) is 92.0 Å². The van der Waals surface area contributed by atoms with E-state index in [1.807, 2.05) is 25.1 Å². The smallest absolute Gasteiger partial charge is 0.444 e. The summed E-state index contributed by atoms with van der Waals surface area (Å²) in [6.07, 6.45) is -5.18. The summed E-state index contributed by atoms with van der Waals surface area (Å²) >= 11 is 0. The summed E-state index contributed by atoms with van der Waals surface area (Å²) in [6, 6.07) is 15.2. The molecule has 0 atom stereocenters. The number of likely N-dealkylation sites (N-methyl/N-ethyl adjacent to an activating group) is 2. The monoisotopic (exact) mass is 547 g/mol. The molecule has 0 saturated heterocycles. The summed E-state index contributed by atoms with van der Waals surface area (Å²) < 4.78 is 48.5. The van der Waals surface area contributed by atoms with E-state index < -0.39 is 23.8 Å². The van der Waals surface area contributed by atoms with Crippen molar-refractivity contribution in [3.8, 4) is 11.5 Å². The summed E-state index contributed by atoms with van der Waals surface area (Å²) in [5.41, 5.74) is 1.07. The highest BCUT2D eigenvalue weighted by atomic mass is 19.4. The molecule has 1 aromatic heterocycles. The Hall–Kier alpha value is -4.09. The van der Waals surface area contributed by atoms with Gasteiger partial charge in [0.05, 0.1) is 6.54 Å². The van der Waals surface area contributed by atoms with Crippen LogP contribution < -0.4 is 4.90 Å². The molecule has 0 aliphatic rings.